The Balaban J connectivity index is 1.26. The van der Waals surface area contributed by atoms with E-state index in [-0.39, 0.29) is 17.3 Å². The zero-order valence-electron chi connectivity index (χ0n) is 19.2. The van der Waals surface area contributed by atoms with Crippen molar-refractivity contribution in [1.29, 1.82) is 0 Å². The number of aromatic nitrogens is 4. The van der Waals surface area contributed by atoms with Gasteiger partial charge in [-0.2, -0.15) is 10.2 Å². The van der Waals surface area contributed by atoms with Crippen LogP contribution in [0.25, 0.3) is 16.8 Å². The van der Waals surface area contributed by atoms with Gasteiger partial charge in [0.15, 0.2) is 5.69 Å². The molecule has 3 aromatic carbocycles. The summed E-state index contributed by atoms with van der Waals surface area (Å²) in [4.78, 5) is 23.2. The first-order chi connectivity index (χ1) is 17.6. The molecule has 0 aliphatic rings. The molecule has 0 bridgehead atoms. The van der Waals surface area contributed by atoms with Gasteiger partial charge in [-0.05, 0) is 46.5 Å². The number of nitrogens with one attached hydrogen (secondary N) is 1. The molecular weight excluding hydrogens is 456 g/mol. The molecule has 0 saturated carbocycles. The molecule has 1 amide bonds. The van der Waals surface area contributed by atoms with Gasteiger partial charge >= 0.3 is 0 Å². The van der Waals surface area contributed by atoms with Crippen LogP contribution in [0.5, 0.6) is 0 Å². The lowest BCUT2D eigenvalue weighted by Gasteiger charge is -2.11. The average molecular weight is 479 g/mol. The van der Waals surface area contributed by atoms with E-state index in [1.54, 1.807) is 30.6 Å². The van der Waals surface area contributed by atoms with E-state index >= 15 is 0 Å². The summed E-state index contributed by atoms with van der Waals surface area (Å²) in [6.45, 7) is 1.05. The lowest BCUT2D eigenvalue weighted by Crippen LogP contribution is -2.23. The summed E-state index contributed by atoms with van der Waals surface area (Å²) in [5.74, 6) is -0.306. The van der Waals surface area contributed by atoms with E-state index in [1.165, 1.54) is 16.8 Å². The van der Waals surface area contributed by atoms with E-state index in [1.807, 2.05) is 41.2 Å². The number of nitro groups is 1. The summed E-state index contributed by atoms with van der Waals surface area (Å²) in [5, 5.41) is 22.3. The first kappa shape index (κ1) is 22.7. The monoisotopic (exact) mass is 478 g/mol. The normalized spacial score (nSPS) is 10.8. The molecule has 178 valence electrons. The molecule has 5 aromatic rings. The number of benzene rings is 3. The molecule has 0 radical (unpaired) electrons. The molecule has 2 heterocycles. The summed E-state index contributed by atoms with van der Waals surface area (Å²) in [5.41, 5.74) is 5.12. The fourth-order valence-corrected chi connectivity index (χ4v) is 3.91. The lowest BCUT2D eigenvalue weighted by atomic mass is 9.98. The van der Waals surface area contributed by atoms with Gasteiger partial charge in [-0.3, -0.25) is 19.6 Å². The van der Waals surface area contributed by atoms with E-state index in [2.05, 4.69) is 39.8 Å². The standard InChI is InChI=1S/C27H22N6O3/c34-27(26-14-17-32(30-26)23-10-12-24(13-11-23)33(35)36)28-18-22-4-1-2-5-25(22)21-8-6-20(7-9-21)19-31-16-3-15-29-31/h1-17H,18-19H2,(H,28,34). The molecule has 0 aliphatic carbocycles. The van der Waals surface area contributed by atoms with Crippen molar-refractivity contribution in [3.05, 3.63) is 130 Å². The van der Waals surface area contributed by atoms with Crippen LogP contribution in [0.2, 0.25) is 0 Å². The summed E-state index contributed by atoms with van der Waals surface area (Å²) in [7, 11) is 0. The predicted molar refractivity (Wildman–Crippen MR) is 135 cm³/mol. The maximum Gasteiger partial charge on any atom is 0.272 e. The molecule has 0 aliphatic heterocycles. The Morgan fingerprint density at radius 2 is 1.69 bits per heavy atom. The molecular formula is C27H22N6O3. The molecule has 5 rings (SSSR count). The fraction of sp³-hybridized carbons (Fsp3) is 0.0741. The van der Waals surface area contributed by atoms with Crippen molar-refractivity contribution in [2.75, 3.05) is 0 Å². The van der Waals surface area contributed by atoms with Gasteiger partial charge in [0.05, 0.1) is 17.2 Å². The third-order valence-corrected chi connectivity index (χ3v) is 5.77. The van der Waals surface area contributed by atoms with Crippen LogP contribution in [0, 0.1) is 10.1 Å². The van der Waals surface area contributed by atoms with Gasteiger partial charge in [-0.25, -0.2) is 4.68 Å². The van der Waals surface area contributed by atoms with Crippen molar-refractivity contribution in [3.8, 4) is 16.8 Å². The SMILES string of the molecule is O=C(NCc1ccccc1-c1ccc(Cn2cccn2)cc1)c1ccn(-c2ccc([N+](=O)[O-])cc2)n1. The first-order valence-corrected chi connectivity index (χ1v) is 11.3. The van der Waals surface area contributed by atoms with Gasteiger partial charge in [0.25, 0.3) is 11.6 Å². The Morgan fingerprint density at radius 1 is 0.917 bits per heavy atom. The van der Waals surface area contributed by atoms with Crippen molar-refractivity contribution in [2.45, 2.75) is 13.1 Å². The quantitative estimate of drug-likeness (QED) is 0.259. The number of non-ortho nitro benzene ring substituents is 1. The smallest absolute Gasteiger partial charge is 0.272 e. The number of hydrogen-bond acceptors (Lipinski definition) is 5. The summed E-state index contributed by atoms with van der Waals surface area (Å²) >= 11 is 0. The molecule has 1 N–H and O–H groups in total. The average Bonchev–Trinajstić information content (AvgIpc) is 3.61. The topological polar surface area (TPSA) is 108 Å². The zero-order chi connectivity index (χ0) is 24.9. The van der Waals surface area contributed by atoms with Crippen molar-refractivity contribution >= 4 is 11.6 Å². The minimum Gasteiger partial charge on any atom is -0.347 e. The van der Waals surface area contributed by atoms with E-state index in [4.69, 9.17) is 0 Å². The zero-order valence-corrected chi connectivity index (χ0v) is 19.2. The molecule has 0 unspecified atom stereocenters. The largest absolute Gasteiger partial charge is 0.347 e. The van der Waals surface area contributed by atoms with Crippen LogP contribution in [0.15, 0.2) is 104 Å². The predicted octanol–water partition coefficient (Wildman–Crippen LogP) is 4.62. The van der Waals surface area contributed by atoms with E-state index < -0.39 is 4.92 Å². The second kappa shape index (κ2) is 10.1. The Labute approximate surface area is 206 Å². The van der Waals surface area contributed by atoms with Gasteiger partial charge in [-0.1, -0.05) is 48.5 Å². The molecule has 9 nitrogen and oxygen atoms in total. The van der Waals surface area contributed by atoms with Crippen molar-refractivity contribution in [1.82, 2.24) is 24.9 Å². The molecule has 2 aromatic heterocycles. The highest BCUT2D eigenvalue weighted by Crippen LogP contribution is 2.24. The van der Waals surface area contributed by atoms with Gasteiger partial charge < -0.3 is 5.32 Å². The Morgan fingerprint density at radius 3 is 2.42 bits per heavy atom. The van der Waals surface area contributed by atoms with Crippen LogP contribution >= 0.6 is 0 Å². The molecule has 36 heavy (non-hydrogen) atoms. The minimum atomic E-state index is -0.459. The second-order valence-corrected chi connectivity index (χ2v) is 8.16. The highest BCUT2D eigenvalue weighted by Gasteiger charge is 2.13. The molecule has 0 saturated heterocycles. The maximum absolute atomic E-state index is 12.8. The number of nitrogens with zero attached hydrogens (tertiary/aromatic N) is 5. The Bertz CT molecular complexity index is 1490. The van der Waals surface area contributed by atoms with Crippen molar-refractivity contribution in [3.63, 3.8) is 0 Å². The van der Waals surface area contributed by atoms with Gasteiger partial charge in [-0.15, -0.1) is 0 Å². The first-order valence-electron chi connectivity index (χ1n) is 11.3. The Hall–Kier alpha value is -5.05. The maximum atomic E-state index is 12.8. The van der Waals surface area contributed by atoms with E-state index in [0.29, 0.717) is 18.8 Å². The van der Waals surface area contributed by atoms with Crippen LogP contribution < -0.4 is 5.32 Å². The molecule has 0 atom stereocenters. The second-order valence-electron chi connectivity index (χ2n) is 8.16. The lowest BCUT2D eigenvalue weighted by molar-refractivity contribution is -0.384. The van der Waals surface area contributed by atoms with Crippen LogP contribution in [0.4, 0.5) is 5.69 Å². The highest BCUT2D eigenvalue weighted by atomic mass is 16.6. The molecule has 9 heteroatoms. The van der Waals surface area contributed by atoms with Crippen LogP contribution in [-0.2, 0) is 13.1 Å². The van der Waals surface area contributed by atoms with Gasteiger partial charge in [0.1, 0.15) is 0 Å². The highest BCUT2D eigenvalue weighted by molar-refractivity contribution is 5.92. The van der Waals surface area contributed by atoms with E-state index in [9.17, 15) is 14.9 Å². The van der Waals surface area contributed by atoms with E-state index in [0.717, 1.165) is 22.3 Å². The third kappa shape index (κ3) is 5.05. The number of hydrogen-bond donors (Lipinski definition) is 1. The fourth-order valence-electron chi connectivity index (χ4n) is 3.91. The summed E-state index contributed by atoms with van der Waals surface area (Å²) in [6, 6.07) is 25.7. The summed E-state index contributed by atoms with van der Waals surface area (Å²) in [6.07, 6.45) is 5.34. The van der Waals surface area contributed by atoms with Crippen molar-refractivity contribution in [2.24, 2.45) is 0 Å². The van der Waals surface area contributed by atoms with Crippen molar-refractivity contribution < 1.29 is 9.72 Å². The molecule has 0 fully saturated rings. The summed E-state index contributed by atoms with van der Waals surface area (Å²) < 4.78 is 3.39. The van der Waals surface area contributed by atoms with Crippen LogP contribution in [-0.4, -0.2) is 30.4 Å². The van der Waals surface area contributed by atoms with Gasteiger partial charge in [0, 0.05) is 37.3 Å². The third-order valence-electron chi connectivity index (χ3n) is 5.77. The minimum absolute atomic E-state index is 0.00455. The number of carbonyl (C=O) groups is 1. The number of rotatable bonds is 8. The van der Waals surface area contributed by atoms with Gasteiger partial charge in [0.2, 0.25) is 0 Å². The number of carbonyl (C=O) groups excluding carboxylic acids is 1. The van der Waals surface area contributed by atoms with Crippen LogP contribution in [0.1, 0.15) is 21.6 Å². The number of nitro benzene ring substituents is 1. The number of amides is 1. The Kier molecular flexibility index (Phi) is 6.35. The van der Waals surface area contributed by atoms with Crippen LogP contribution in [0.3, 0.4) is 0 Å². The molecule has 0 spiro atoms.